The number of aromatic hydroxyl groups is 1. The lowest BCUT2D eigenvalue weighted by atomic mass is 10.1. The lowest BCUT2D eigenvalue weighted by Crippen LogP contribution is -2.39. The van der Waals surface area contributed by atoms with Gasteiger partial charge in [-0.15, -0.1) is 0 Å². The summed E-state index contributed by atoms with van der Waals surface area (Å²) in [7, 11) is 0. The molecule has 22 heavy (non-hydrogen) atoms. The maximum absolute atomic E-state index is 13.7. The van der Waals surface area contributed by atoms with Gasteiger partial charge in [0.25, 0.3) is 5.91 Å². The van der Waals surface area contributed by atoms with E-state index in [1.165, 1.54) is 24.3 Å². The van der Waals surface area contributed by atoms with Crippen LogP contribution in [0.4, 0.5) is 4.39 Å². The van der Waals surface area contributed by atoms with Crippen LogP contribution in [0, 0.1) is 5.82 Å². The lowest BCUT2D eigenvalue weighted by Gasteiger charge is -2.17. The summed E-state index contributed by atoms with van der Waals surface area (Å²) in [6.45, 7) is -0.307. The Bertz CT molecular complexity index is 641. The molecule has 3 N–H and O–H groups in total. The Morgan fingerprint density at radius 1 is 1.23 bits per heavy atom. The number of phenols is 1. The van der Waals surface area contributed by atoms with Crippen molar-refractivity contribution < 1.29 is 19.4 Å². The van der Waals surface area contributed by atoms with Crippen LogP contribution in [-0.2, 0) is 6.42 Å². The molecule has 0 unspecified atom stereocenters. The highest BCUT2D eigenvalue weighted by atomic mass is 35.5. The fourth-order valence-corrected chi connectivity index (χ4v) is 2.30. The van der Waals surface area contributed by atoms with Gasteiger partial charge >= 0.3 is 0 Å². The standard InChI is InChI=1S/C16H15ClFNO3/c17-13-2-1-3-14(18)15(13)16(22)19-11(9-20)8-10-4-6-12(21)7-5-10/h1-7,11,20-21H,8-9H2,(H,19,22)/t11-/m0/s1. The van der Waals surface area contributed by atoms with Gasteiger partial charge in [-0.05, 0) is 36.2 Å². The highest BCUT2D eigenvalue weighted by molar-refractivity contribution is 6.33. The summed E-state index contributed by atoms with van der Waals surface area (Å²) in [5.41, 5.74) is 0.574. The number of amides is 1. The zero-order valence-corrected chi connectivity index (χ0v) is 12.3. The van der Waals surface area contributed by atoms with E-state index in [1.54, 1.807) is 12.1 Å². The number of aliphatic hydroxyl groups excluding tert-OH is 1. The fourth-order valence-electron chi connectivity index (χ4n) is 2.05. The summed E-state index contributed by atoms with van der Waals surface area (Å²) in [4.78, 5) is 12.1. The summed E-state index contributed by atoms with van der Waals surface area (Å²) in [5, 5.41) is 21.2. The molecule has 2 aromatic carbocycles. The van der Waals surface area contributed by atoms with E-state index in [-0.39, 0.29) is 22.9 Å². The normalized spacial score (nSPS) is 12.0. The van der Waals surface area contributed by atoms with Crippen molar-refractivity contribution in [1.82, 2.24) is 5.32 Å². The smallest absolute Gasteiger partial charge is 0.256 e. The van der Waals surface area contributed by atoms with Crippen LogP contribution in [0.25, 0.3) is 0 Å². The van der Waals surface area contributed by atoms with Gasteiger partial charge in [-0.3, -0.25) is 4.79 Å². The Morgan fingerprint density at radius 2 is 1.91 bits per heavy atom. The first-order valence-electron chi connectivity index (χ1n) is 6.65. The highest BCUT2D eigenvalue weighted by Gasteiger charge is 2.19. The van der Waals surface area contributed by atoms with Gasteiger partial charge in [-0.25, -0.2) is 4.39 Å². The van der Waals surface area contributed by atoms with Crippen molar-refractivity contribution in [2.45, 2.75) is 12.5 Å². The Morgan fingerprint density at radius 3 is 2.50 bits per heavy atom. The summed E-state index contributed by atoms with van der Waals surface area (Å²) >= 11 is 5.84. The first-order chi connectivity index (χ1) is 10.5. The van der Waals surface area contributed by atoms with Crippen molar-refractivity contribution in [3.05, 3.63) is 64.4 Å². The number of hydrogen-bond acceptors (Lipinski definition) is 3. The van der Waals surface area contributed by atoms with Crippen LogP contribution in [0.5, 0.6) is 5.75 Å². The summed E-state index contributed by atoms with van der Waals surface area (Å²) in [6, 6.07) is 9.78. The van der Waals surface area contributed by atoms with Crippen molar-refractivity contribution in [3.8, 4) is 5.75 Å². The lowest BCUT2D eigenvalue weighted by molar-refractivity contribution is 0.0912. The molecule has 116 valence electrons. The molecular formula is C16H15ClFNO3. The van der Waals surface area contributed by atoms with Crippen molar-refractivity contribution >= 4 is 17.5 Å². The third-order valence-corrected chi connectivity index (χ3v) is 3.48. The third-order valence-electron chi connectivity index (χ3n) is 3.16. The molecule has 0 radical (unpaired) electrons. The Balaban J connectivity index is 2.09. The maximum atomic E-state index is 13.7. The maximum Gasteiger partial charge on any atom is 0.256 e. The van der Waals surface area contributed by atoms with Gasteiger partial charge in [0.2, 0.25) is 0 Å². The van der Waals surface area contributed by atoms with Gasteiger partial charge in [0, 0.05) is 0 Å². The molecule has 0 saturated carbocycles. The molecule has 0 spiro atoms. The Labute approximate surface area is 132 Å². The minimum absolute atomic E-state index is 0.0128. The molecule has 0 aliphatic rings. The predicted molar refractivity (Wildman–Crippen MR) is 81.6 cm³/mol. The van der Waals surface area contributed by atoms with E-state index in [2.05, 4.69) is 5.32 Å². The first kappa shape index (κ1) is 16.3. The summed E-state index contributed by atoms with van der Waals surface area (Å²) < 4.78 is 13.7. The molecule has 0 bridgehead atoms. The van der Waals surface area contributed by atoms with Crippen LogP contribution in [0.2, 0.25) is 5.02 Å². The van der Waals surface area contributed by atoms with Gasteiger partial charge in [0.1, 0.15) is 11.6 Å². The van der Waals surface area contributed by atoms with Crippen LogP contribution in [0.3, 0.4) is 0 Å². The van der Waals surface area contributed by atoms with E-state index in [4.69, 9.17) is 11.6 Å². The monoisotopic (exact) mass is 323 g/mol. The zero-order valence-electron chi connectivity index (χ0n) is 11.6. The molecule has 0 fully saturated rings. The summed E-state index contributed by atoms with van der Waals surface area (Å²) in [5.74, 6) is -1.27. The van der Waals surface area contributed by atoms with E-state index in [1.807, 2.05) is 0 Å². The quantitative estimate of drug-likeness (QED) is 0.792. The van der Waals surface area contributed by atoms with E-state index in [0.717, 1.165) is 11.6 Å². The predicted octanol–water partition coefficient (Wildman–Crippen LogP) is 2.52. The number of rotatable bonds is 5. The second-order valence-electron chi connectivity index (χ2n) is 4.82. The molecule has 0 aliphatic carbocycles. The molecule has 1 atom stereocenters. The number of nitrogens with one attached hydrogen (secondary N) is 1. The average molecular weight is 324 g/mol. The van der Waals surface area contributed by atoms with Gasteiger partial charge in [-0.1, -0.05) is 29.8 Å². The molecule has 4 nitrogen and oxygen atoms in total. The number of benzene rings is 2. The Hall–Kier alpha value is -2.11. The van der Waals surface area contributed by atoms with Crippen molar-refractivity contribution in [3.63, 3.8) is 0 Å². The molecule has 2 rings (SSSR count). The fraction of sp³-hybridized carbons (Fsp3) is 0.188. The number of carbonyl (C=O) groups excluding carboxylic acids is 1. The van der Waals surface area contributed by atoms with E-state index < -0.39 is 17.8 Å². The minimum atomic E-state index is -0.716. The Kier molecular flexibility index (Phi) is 5.35. The number of aliphatic hydroxyl groups is 1. The molecule has 0 saturated heterocycles. The second-order valence-corrected chi connectivity index (χ2v) is 5.23. The topological polar surface area (TPSA) is 69.6 Å². The van der Waals surface area contributed by atoms with Crippen LogP contribution in [0.15, 0.2) is 42.5 Å². The first-order valence-corrected chi connectivity index (χ1v) is 7.02. The molecule has 2 aromatic rings. The minimum Gasteiger partial charge on any atom is -0.508 e. The molecule has 6 heteroatoms. The van der Waals surface area contributed by atoms with Gasteiger partial charge in [0.05, 0.1) is 23.2 Å². The SMILES string of the molecule is O=C(N[C@H](CO)Cc1ccc(O)cc1)c1c(F)cccc1Cl. The largest absolute Gasteiger partial charge is 0.508 e. The molecule has 0 aliphatic heterocycles. The molecular weight excluding hydrogens is 309 g/mol. The highest BCUT2D eigenvalue weighted by Crippen LogP contribution is 2.19. The number of hydrogen-bond donors (Lipinski definition) is 3. The molecule has 0 heterocycles. The van der Waals surface area contributed by atoms with Gasteiger partial charge in [0.15, 0.2) is 0 Å². The van der Waals surface area contributed by atoms with Crippen LogP contribution >= 0.6 is 11.6 Å². The van der Waals surface area contributed by atoms with Crippen molar-refractivity contribution in [2.24, 2.45) is 0 Å². The van der Waals surface area contributed by atoms with E-state index in [0.29, 0.717) is 6.42 Å². The number of phenolic OH excluding ortho intramolecular Hbond substituents is 1. The average Bonchev–Trinajstić information content (AvgIpc) is 2.48. The molecule has 1 amide bonds. The zero-order chi connectivity index (χ0) is 16.1. The van der Waals surface area contributed by atoms with Crippen molar-refractivity contribution in [2.75, 3.05) is 6.61 Å². The number of carbonyl (C=O) groups is 1. The third kappa shape index (κ3) is 3.96. The molecule has 0 aromatic heterocycles. The number of halogens is 2. The summed E-state index contributed by atoms with van der Waals surface area (Å²) in [6.07, 6.45) is 0.342. The van der Waals surface area contributed by atoms with Crippen LogP contribution in [0.1, 0.15) is 15.9 Å². The van der Waals surface area contributed by atoms with Gasteiger partial charge in [-0.2, -0.15) is 0 Å². The second kappa shape index (κ2) is 7.24. The van der Waals surface area contributed by atoms with E-state index >= 15 is 0 Å². The van der Waals surface area contributed by atoms with Crippen LogP contribution in [-0.4, -0.2) is 28.8 Å². The van der Waals surface area contributed by atoms with E-state index in [9.17, 15) is 19.4 Å². The van der Waals surface area contributed by atoms with Crippen molar-refractivity contribution in [1.29, 1.82) is 0 Å². The van der Waals surface area contributed by atoms with Crippen LogP contribution < -0.4 is 5.32 Å². The van der Waals surface area contributed by atoms with Gasteiger partial charge < -0.3 is 15.5 Å².